The van der Waals surface area contributed by atoms with Gasteiger partial charge in [0.25, 0.3) is 0 Å². The first kappa shape index (κ1) is 22.7. The van der Waals surface area contributed by atoms with Crippen LogP contribution in [0.2, 0.25) is 0 Å². The molecule has 0 aliphatic heterocycles. The second-order valence-electron chi connectivity index (χ2n) is 12.7. The zero-order valence-corrected chi connectivity index (χ0v) is 27.8. The highest BCUT2D eigenvalue weighted by atomic mass is 16.3. The van der Waals surface area contributed by atoms with Crippen molar-refractivity contribution in [3.8, 4) is 33.4 Å². The minimum atomic E-state index is -0.482. The molecule has 0 saturated carbocycles. The van der Waals surface area contributed by atoms with Crippen molar-refractivity contribution < 1.29 is 15.4 Å². The predicted molar refractivity (Wildman–Crippen MR) is 220 cm³/mol. The zero-order chi connectivity index (χ0) is 41.4. The molecule has 0 radical (unpaired) electrons. The third kappa shape index (κ3) is 5.12. The van der Waals surface area contributed by atoms with Crippen molar-refractivity contribution in [1.29, 1.82) is 0 Å². The molecule has 0 atom stereocenters. The summed E-state index contributed by atoms with van der Waals surface area (Å²) in [6.45, 7) is 0. The Morgan fingerprint density at radius 3 is 1.79 bits per heavy atom. The van der Waals surface area contributed by atoms with E-state index in [2.05, 4.69) is 6.07 Å². The third-order valence-corrected chi connectivity index (χ3v) is 9.58. The second-order valence-corrected chi connectivity index (χ2v) is 12.7. The Morgan fingerprint density at radius 2 is 1.08 bits per heavy atom. The van der Waals surface area contributed by atoms with E-state index < -0.39 is 12.1 Å². The summed E-state index contributed by atoms with van der Waals surface area (Å²) in [6, 6.07) is 46.2. The fourth-order valence-electron chi connectivity index (χ4n) is 7.16. The van der Waals surface area contributed by atoms with Gasteiger partial charge in [-0.15, -0.1) is 0 Å². The number of hydrogen-bond acceptors (Lipinski definition) is 2. The number of nitrogens with zero attached hydrogens (tertiary/aromatic N) is 1. The van der Waals surface area contributed by atoms with Gasteiger partial charge in [-0.2, -0.15) is 0 Å². The Bertz CT molecular complexity index is 3290. The molecular weight excluding hydrogens is 631 g/mol. The van der Waals surface area contributed by atoms with E-state index in [4.69, 9.17) is 9.90 Å². The average Bonchev–Trinajstić information content (AvgIpc) is 3.69. The summed E-state index contributed by atoms with van der Waals surface area (Å²) in [4.78, 5) is 1.86. The Balaban J connectivity index is 1.41. The van der Waals surface area contributed by atoms with Gasteiger partial charge in [0, 0.05) is 32.9 Å². The number of para-hydroxylation sites is 1. The molecule has 0 amide bonds. The summed E-state index contributed by atoms with van der Waals surface area (Å²) in [5.74, 6) is 0. The van der Waals surface area contributed by atoms with E-state index in [-0.39, 0.29) is 74.7 Å². The molecule has 2 heteroatoms. The van der Waals surface area contributed by atoms with E-state index in [1.807, 2.05) is 150 Å². The van der Waals surface area contributed by atoms with Gasteiger partial charge in [0.2, 0.25) is 0 Å². The van der Waals surface area contributed by atoms with Gasteiger partial charge in [0.15, 0.2) is 0 Å². The molecule has 0 saturated heterocycles. The topological polar surface area (TPSA) is 16.4 Å². The van der Waals surface area contributed by atoms with Gasteiger partial charge < -0.3 is 9.32 Å². The Hall–Kier alpha value is -6.90. The highest BCUT2D eigenvalue weighted by Crippen LogP contribution is 2.47. The monoisotopic (exact) mass is 671 g/mol. The van der Waals surface area contributed by atoms with Gasteiger partial charge in [-0.25, -0.2) is 0 Å². The molecule has 9 aromatic carbocycles. The molecule has 0 unspecified atom stereocenters. The van der Waals surface area contributed by atoms with Gasteiger partial charge in [0.05, 0.1) is 16.7 Å². The normalized spacial score (nSPS) is 13.6. The van der Waals surface area contributed by atoms with Crippen LogP contribution in [-0.4, -0.2) is 0 Å². The molecule has 1 aromatic heterocycles. The van der Waals surface area contributed by atoms with Gasteiger partial charge in [-0.05, 0) is 92.6 Å². The molecule has 10 rings (SSSR count). The minimum Gasteiger partial charge on any atom is -0.455 e. The van der Waals surface area contributed by atoms with Crippen molar-refractivity contribution in [2.45, 2.75) is 0 Å². The summed E-state index contributed by atoms with van der Waals surface area (Å²) < 4.78 is 80.8. The lowest BCUT2D eigenvalue weighted by Crippen LogP contribution is -2.11. The Labute approximate surface area is 313 Å². The van der Waals surface area contributed by atoms with E-state index in [1.165, 1.54) is 0 Å². The highest BCUT2D eigenvalue weighted by Gasteiger charge is 2.22. The van der Waals surface area contributed by atoms with E-state index in [9.17, 15) is 5.48 Å². The Kier molecular flexibility index (Phi) is 5.45. The van der Waals surface area contributed by atoms with Crippen LogP contribution in [0.1, 0.15) is 11.0 Å². The molecular formula is C50H33NO. The first-order valence-corrected chi connectivity index (χ1v) is 17.1. The van der Waals surface area contributed by atoms with Crippen LogP contribution in [0.4, 0.5) is 17.1 Å². The lowest BCUT2D eigenvalue weighted by atomic mass is 9.95. The molecule has 10 aromatic rings. The van der Waals surface area contributed by atoms with Crippen LogP contribution in [0.5, 0.6) is 0 Å². The van der Waals surface area contributed by atoms with Crippen LogP contribution in [0.25, 0.3) is 76.9 Å². The predicted octanol–water partition coefficient (Wildman–Crippen LogP) is 14.4. The fraction of sp³-hybridized carbons (Fsp3) is 0. The Morgan fingerprint density at radius 1 is 0.442 bits per heavy atom. The van der Waals surface area contributed by atoms with Gasteiger partial charge >= 0.3 is 0 Å². The SMILES string of the molecule is [2H]c1c([2H])c(-c2ccc3ccccc3c2)c2c(oc3c4c([2H])c([2H])c([2H])c([2H])c4c(N(c4ccccc4)c4cc(-c5ccccc5)cc(-c5ccccc5)c4)c([2H])c32)c1[2H]. The molecule has 0 N–H and O–H groups in total. The molecule has 244 valence electrons. The second kappa shape index (κ2) is 12.5. The van der Waals surface area contributed by atoms with Crippen LogP contribution in [0, 0.1) is 0 Å². The number of benzene rings is 9. The number of anilines is 3. The van der Waals surface area contributed by atoms with Crippen molar-refractivity contribution in [2.24, 2.45) is 0 Å². The van der Waals surface area contributed by atoms with Gasteiger partial charge in [-0.1, -0.05) is 152 Å². The number of hydrogen-bond donors (Lipinski definition) is 0. The van der Waals surface area contributed by atoms with E-state index in [0.29, 0.717) is 22.5 Å². The number of furan rings is 1. The first-order valence-electron chi connectivity index (χ1n) is 21.1. The quantitative estimate of drug-likeness (QED) is 0.175. The summed E-state index contributed by atoms with van der Waals surface area (Å²) in [6.07, 6.45) is 0. The largest absolute Gasteiger partial charge is 0.455 e. The summed E-state index contributed by atoms with van der Waals surface area (Å²) >= 11 is 0. The minimum absolute atomic E-state index is 0.0164. The molecule has 52 heavy (non-hydrogen) atoms. The zero-order valence-electron chi connectivity index (χ0n) is 35.8. The lowest BCUT2D eigenvalue weighted by molar-refractivity contribution is 0.673. The highest BCUT2D eigenvalue weighted by molar-refractivity contribution is 6.22. The molecule has 0 aliphatic carbocycles. The fourth-order valence-corrected chi connectivity index (χ4v) is 7.16. The molecule has 0 aliphatic rings. The van der Waals surface area contributed by atoms with E-state index >= 15 is 0 Å². The standard InChI is InChI=1S/C50H33NO/c1-4-15-34(16-5-1)39-30-40(35-17-6-2-7-18-35)32-42(31-39)51(41-21-8-3-9-22-41)47-33-46-49-43(38-28-27-36-19-10-11-20-37(36)29-38)25-14-26-48(49)52-50(46)45-24-13-12-23-44(45)47/h1-33H/i12D,13D,14D,23D,24D,25D,26D,33D. The summed E-state index contributed by atoms with van der Waals surface area (Å²) in [5.41, 5.74) is 5.92. The van der Waals surface area contributed by atoms with E-state index in [0.717, 1.165) is 33.0 Å². The molecule has 0 spiro atoms. The van der Waals surface area contributed by atoms with Crippen LogP contribution < -0.4 is 4.90 Å². The average molecular weight is 672 g/mol. The molecule has 0 bridgehead atoms. The maximum atomic E-state index is 10.3. The molecule has 0 fully saturated rings. The smallest absolute Gasteiger partial charge is 0.143 e. The molecule has 2 nitrogen and oxygen atoms in total. The van der Waals surface area contributed by atoms with Crippen LogP contribution in [0.15, 0.2) is 204 Å². The first-order chi connectivity index (χ1) is 29.1. The summed E-state index contributed by atoms with van der Waals surface area (Å²) in [7, 11) is 0. The summed E-state index contributed by atoms with van der Waals surface area (Å²) in [5, 5.41) is 2.38. The number of fused-ring (bicyclic) bond motifs is 6. The van der Waals surface area contributed by atoms with Crippen molar-refractivity contribution in [3.05, 3.63) is 200 Å². The lowest BCUT2D eigenvalue weighted by Gasteiger charge is -2.28. The third-order valence-electron chi connectivity index (χ3n) is 9.58. The van der Waals surface area contributed by atoms with Crippen molar-refractivity contribution in [2.75, 3.05) is 4.90 Å². The number of rotatable bonds is 6. The molecule has 1 heterocycles. The maximum absolute atomic E-state index is 10.3. The van der Waals surface area contributed by atoms with Crippen LogP contribution in [-0.2, 0) is 0 Å². The van der Waals surface area contributed by atoms with Crippen molar-refractivity contribution in [1.82, 2.24) is 0 Å². The van der Waals surface area contributed by atoms with Crippen molar-refractivity contribution >= 4 is 60.5 Å². The van der Waals surface area contributed by atoms with Gasteiger partial charge in [-0.3, -0.25) is 0 Å². The van der Waals surface area contributed by atoms with Gasteiger partial charge in [0.1, 0.15) is 11.2 Å². The van der Waals surface area contributed by atoms with Crippen LogP contribution >= 0.6 is 0 Å². The van der Waals surface area contributed by atoms with Crippen molar-refractivity contribution in [3.63, 3.8) is 0 Å². The van der Waals surface area contributed by atoms with Crippen LogP contribution in [0.3, 0.4) is 0 Å². The maximum Gasteiger partial charge on any atom is 0.143 e. The van der Waals surface area contributed by atoms with E-state index in [1.54, 1.807) is 0 Å².